The van der Waals surface area contributed by atoms with Crippen LogP contribution in [0.25, 0.3) is 10.2 Å². The molecule has 1 saturated heterocycles. The number of likely N-dealkylation sites (tertiary alicyclic amines) is 1. The summed E-state index contributed by atoms with van der Waals surface area (Å²) < 4.78 is 18.0. The van der Waals surface area contributed by atoms with E-state index in [4.69, 9.17) is 14.2 Å². The van der Waals surface area contributed by atoms with Crippen molar-refractivity contribution in [2.45, 2.75) is 25.9 Å². The first-order valence-electron chi connectivity index (χ1n) is 9.70. The van der Waals surface area contributed by atoms with Gasteiger partial charge in [0.2, 0.25) is 0 Å². The zero-order valence-corrected chi connectivity index (χ0v) is 17.4. The van der Waals surface area contributed by atoms with Gasteiger partial charge in [-0.3, -0.25) is 4.79 Å². The Hall–Kier alpha value is -2.80. The van der Waals surface area contributed by atoms with Gasteiger partial charge in [0, 0.05) is 32.0 Å². The van der Waals surface area contributed by atoms with Gasteiger partial charge in [-0.1, -0.05) is 29.5 Å². The van der Waals surface area contributed by atoms with Crippen molar-refractivity contribution in [3.63, 3.8) is 0 Å². The van der Waals surface area contributed by atoms with E-state index in [1.165, 1.54) is 0 Å². The summed E-state index contributed by atoms with van der Waals surface area (Å²) in [6, 6.07) is 13.4. The first kappa shape index (κ1) is 19.5. The lowest BCUT2D eigenvalue weighted by molar-refractivity contribution is -0.135. The van der Waals surface area contributed by atoms with Crippen molar-refractivity contribution < 1.29 is 19.0 Å². The topological polar surface area (TPSA) is 60.9 Å². The smallest absolute Gasteiger partial charge is 0.274 e. The number of piperidine rings is 1. The van der Waals surface area contributed by atoms with Crippen LogP contribution in [0.3, 0.4) is 0 Å². The Kier molecular flexibility index (Phi) is 5.85. The van der Waals surface area contributed by atoms with Gasteiger partial charge in [-0.25, -0.2) is 4.98 Å². The average Bonchev–Trinajstić information content (AvgIpc) is 3.16. The van der Waals surface area contributed by atoms with Crippen LogP contribution in [-0.2, 0) is 4.79 Å². The molecule has 1 fully saturated rings. The molecule has 2 aromatic carbocycles. The molecule has 0 aliphatic carbocycles. The molecule has 1 aliphatic rings. The molecule has 1 aliphatic heterocycles. The molecule has 1 amide bonds. The molecule has 7 heteroatoms. The standard InChI is InChI=1S/C22H24N2O4S/c1-15-5-3-8-19-21(15)23-22(29-19)28-16-9-11-24(12-10-16)20(25)14-27-18-7-4-6-17(13-18)26-2/h3-8,13,16H,9-12,14H2,1-2H3. The van der Waals surface area contributed by atoms with Crippen LogP contribution in [0.15, 0.2) is 42.5 Å². The van der Waals surface area contributed by atoms with E-state index in [9.17, 15) is 4.79 Å². The molecule has 0 atom stereocenters. The number of carbonyl (C=O) groups is 1. The number of ether oxygens (including phenoxy) is 3. The molecular weight excluding hydrogens is 388 g/mol. The molecule has 0 N–H and O–H groups in total. The minimum absolute atomic E-state index is 0.0121. The van der Waals surface area contributed by atoms with E-state index < -0.39 is 0 Å². The van der Waals surface area contributed by atoms with Crippen LogP contribution in [0.1, 0.15) is 18.4 Å². The number of benzene rings is 2. The van der Waals surface area contributed by atoms with Gasteiger partial charge in [-0.2, -0.15) is 0 Å². The van der Waals surface area contributed by atoms with Crippen molar-refractivity contribution in [2.75, 3.05) is 26.8 Å². The number of amides is 1. The van der Waals surface area contributed by atoms with Crippen LogP contribution in [0, 0.1) is 6.92 Å². The lowest BCUT2D eigenvalue weighted by Crippen LogP contribution is -2.43. The largest absolute Gasteiger partial charge is 0.497 e. The van der Waals surface area contributed by atoms with Crippen molar-refractivity contribution in [1.82, 2.24) is 9.88 Å². The quantitative estimate of drug-likeness (QED) is 0.611. The number of para-hydroxylation sites is 1. The van der Waals surface area contributed by atoms with Crippen molar-refractivity contribution in [3.8, 4) is 16.7 Å². The Balaban J connectivity index is 1.27. The Morgan fingerprint density at radius 3 is 2.69 bits per heavy atom. The first-order valence-corrected chi connectivity index (χ1v) is 10.5. The second kappa shape index (κ2) is 8.69. The molecule has 152 valence electrons. The van der Waals surface area contributed by atoms with Crippen molar-refractivity contribution in [2.24, 2.45) is 0 Å². The molecule has 29 heavy (non-hydrogen) atoms. The molecule has 6 nitrogen and oxygen atoms in total. The summed E-state index contributed by atoms with van der Waals surface area (Å²) in [5.41, 5.74) is 2.17. The normalized spacial score (nSPS) is 14.8. The fourth-order valence-corrected chi connectivity index (χ4v) is 4.37. The van der Waals surface area contributed by atoms with Crippen LogP contribution < -0.4 is 14.2 Å². The number of fused-ring (bicyclic) bond motifs is 1. The summed E-state index contributed by atoms with van der Waals surface area (Å²) in [4.78, 5) is 18.9. The van der Waals surface area contributed by atoms with Crippen molar-refractivity contribution in [1.29, 1.82) is 0 Å². The van der Waals surface area contributed by atoms with Gasteiger partial charge in [0.15, 0.2) is 6.61 Å². The third-order valence-electron chi connectivity index (χ3n) is 5.07. The van der Waals surface area contributed by atoms with Gasteiger partial charge in [-0.05, 0) is 30.7 Å². The number of aromatic nitrogens is 1. The van der Waals surface area contributed by atoms with Crippen LogP contribution in [0.5, 0.6) is 16.7 Å². The van der Waals surface area contributed by atoms with Crippen LogP contribution in [-0.4, -0.2) is 48.7 Å². The number of hydrogen-bond donors (Lipinski definition) is 0. The third-order valence-corrected chi connectivity index (χ3v) is 5.98. The molecule has 0 spiro atoms. The fourth-order valence-electron chi connectivity index (χ4n) is 3.41. The van der Waals surface area contributed by atoms with E-state index >= 15 is 0 Å². The summed E-state index contributed by atoms with van der Waals surface area (Å²) >= 11 is 1.58. The molecular formula is C22H24N2O4S. The number of carbonyl (C=O) groups excluding carboxylic acids is 1. The number of thiazole rings is 1. The zero-order chi connectivity index (χ0) is 20.2. The molecule has 3 aromatic rings. The van der Waals surface area contributed by atoms with Gasteiger partial charge in [0.05, 0.1) is 17.3 Å². The van der Waals surface area contributed by atoms with E-state index in [0.717, 1.165) is 28.6 Å². The van der Waals surface area contributed by atoms with Gasteiger partial charge in [0.1, 0.15) is 17.6 Å². The lowest BCUT2D eigenvalue weighted by atomic mass is 10.1. The molecule has 1 aromatic heterocycles. The van der Waals surface area contributed by atoms with Crippen LogP contribution in [0.4, 0.5) is 0 Å². The van der Waals surface area contributed by atoms with E-state index in [0.29, 0.717) is 29.8 Å². The highest BCUT2D eigenvalue weighted by Gasteiger charge is 2.25. The summed E-state index contributed by atoms with van der Waals surface area (Å²) in [6.07, 6.45) is 1.67. The number of hydrogen-bond acceptors (Lipinski definition) is 6. The number of methoxy groups -OCH3 is 1. The lowest BCUT2D eigenvalue weighted by Gasteiger charge is -2.31. The molecule has 0 saturated carbocycles. The minimum Gasteiger partial charge on any atom is -0.497 e. The predicted octanol–water partition coefficient (Wildman–Crippen LogP) is 4.06. The summed E-state index contributed by atoms with van der Waals surface area (Å²) in [5, 5.41) is 0.709. The monoisotopic (exact) mass is 412 g/mol. The molecule has 0 radical (unpaired) electrons. The Bertz CT molecular complexity index is 995. The maximum atomic E-state index is 12.5. The molecule has 4 rings (SSSR count). The number of aryl methyl sites for hydroxylation is 1. The number of rotatable bonds is 6. The van der Waals surface area contributed by atoms with Gasteiger partial charge < -0.3 is 19.1 Å². The predicted molar refractivity (Wildman–Crippen MR) is 113 cm³/mol. The van der Waals surface area contributed by atoms with Crippen LogP contribution >= 0.6 is 11.3 Å². The first-order chi connectivity index (χ1) is 14.1. The summed E-state index contributed by atoms with van der Waals surface area (Å²) in [6.45, 7) is 3.41. The maximum Gasteiger partial charge on any atom is 0.274 e. The zero-order valence-electron chi connectivity index (χ0n) is 16.6. The van der Waals surface area contributed by atoms with Crippen molar-refractivity contribution >= 4 is 27.5 Å². The van der Waals surface area contributed by atoms with Crippen LogP contribution in [0.2, 0.25) is 0 Å². The molecule has 0 bridgehead atoms. The van der Waals surface area contributed by atoms with E-state index in [1.807, 2.05) is 29.2 Å². The Morgan fingerprint density at radius 2 is 1.93 bits per heavy atom. The maximum absolute atomic E-state index is 12.5. The van der Waals surface area contributed by atoms with Gasteiger partial charge >= 0.3 is 0 Å². The second-order valence-electron chi connectivity index (χ2n) is 7.07. The average molecular weight is 413 g/mol. The summed E-state index contributed by atoms with van der Waals surface area (Å²) in [7, 11) is 1.60. The Morgan fingerprint density at radius 1 is 1.17 bits per heavy atom. The molecule has 0 unspecified atom stereocenters. The van der Waals surface area contributed by atoms with Gasteiger partial charge in [-0.15, -0.1) is 0 Å². The van der Waals surface area contributed by atoms with E-state index in [1.54, 1.807) is 24.5 Å². The minimum atomic E-state index is -0.0121. The molecule has 2 heterocycles. The van der Waals surface area contributed by atoms with E-state index in [2.05, 4.69) is 24.0 Å². The fraction of sp³-hybridized carbons (Fsp3) is 0.364. The highest BCUT2D eigenvalue weighted by molar-refractivity contribution is 7.20. The third kappa shape index (κ3) is 4.62. The second-order valence-corrected chi connectivity index (χ2v) is 8.06. The highest BCUT2D eigenvalue weighted by Crippen LogP contribution is 2.31. The summed E-state index contributed by atoms with van der Waals surface area (Å²) in [5.74, 6) is 1.32. The SMILES string of the molecule is COc1cccc(OCC(=O)N2CCC(Oc3nc4c(C)cccc4s3)CC2)c1. The highest BCUT2D eigenvalue weighted by atomic mass is 32.1. The van der Waals surface area contributed by atoms with E-state index in [-0.39, 0.29) is 18.6 Å². The number of nitrogens with zero attached hydrogens (tertiary/aromatic N) is 2. The Labute approximate surface area is 174 Å². The van der Waals surface area contributed by atoms with Gasteiger partial charge in [0.25, 0.3) is 11.1 Å². The van der Waals surface area contributed by atoms with Crippen molar-refractivity contribution in [3.05, 3.63) is 48.0 Å².